The Kier molecular flexibility index (Phi) is 6.22. The zero-order valence-corrected chi connectivity index (χ0v) is 12.6. The molecule has 0 aliphatic carbocycles. The summed E-state index contributed by atoms with van der Waals surface area (Å²) in [5.41, 5.74) is 6.05. The van der Waals surface area contributed by atoms with Gasteiger partial charge in [0.15, 0.2) is 0 Å². The van der Waals surface area contributed by atoms with Crippen LogP contribution in [0.15, 0.2) is 41.8 Å². The molecule has 5 heteroatoms. The molecule has 1 aromatic heterocycles. The number of aryl methyl sites for hydroxylation is 1. The predicted octanol–water partition coefficient (Wildman–Crippen LogP) is 4.13. The molecule has 0 saturated heterocycles. The van der Waals surface area contributed by atoms with Gasteiger partial charge in [0.05, 0.1) is 5.69 Å². The number of halogens is 1. The van der Waals surface area contributed by atoms with Crippen molar-refractivity contribution >= 4 is 22.9 Å². The standard InChI is InChI=1S/C16H19FN2OS/c17-13-8-10-14(11-9-13)18-19-16(20)7-3-1-2-5-15-6-4-12-21-15/h4,6,8-12,18H,1-3,5,7H2,(H,19,20). The van der Waals surface area contributed by atoms with Crippen molar-refractivity contribution in [2.24, 2.45) is 0 Å². The van der Waals surface area contributed by atoms with Gasteiger partial charge >= 0.3 is 0 Å². The lowest BCUT2D eigenvalue weighted by molar-refractivity contribution is -0.120. The van der Waals surface area contributed by atoms with Crippen molar-refractivity contribution in [2.45, 2.75) is 32.1 Å². The summed E-state index contributed by atoms with van der Waals surface area (Å²) in [6, 6.07) is 10.1. The number of anilines is 1. The molecule has 0 aliphatic heterocycles. The molecule has 2 N–H and O–H groups in total. The first-order valence-electron chi connectivity index (χ1n) is 7.07. The van der Waals surface area contributed by atoms with Crippen LogP contribution in [0.1, 0.15) is 30.6 Å². The Labute approximate surface area is 128 Å². The SMILES string of the molecule is O=C(CCCCCc1cccs1)NNc1ccc(F)cc1. The highest BCUT2D eigenvalue weighted by atomic mass is 32.1. The van der Waals surface area contributed by atoms with Gasteiger partial charge < -0.3 is 0 Å². The zero-order chi connectivity index (χ0) is 14.9. The Hall–Kier alpha value is -1.88. The summed E-state index contributed by atoms with van der Waals surface area (Å²) < 4.78 is 12.7. The van der Waals surface area contributed by atoms with E-state index in [0.29, 0.717) is 12.1 Å². The molecule has 1 heterocycles. The number of rotatable bonds is 8. The quantitative estimate of drug-likeness (QED) is 0.568. The highest BCUT2D eigenvalue weighted by Gasteiger charge is 2.01. The van der Waals surface area contributed by atoms with Gasteiger partial charge in [-0.2, -0.15) is 0 Å². The third-order valence-electron chi connectivity index (χ3n) is 3.10. The van der Waals surface area contributed by atoms with Crippen molar-refractivity contribution in [3.8, 4) is 0 Å². The number of amides is 1. The largest absolute Gasteiger partial charge is 0.299 e. The molecular weight excluding hydrogens is 287 g/mol. The van der Waals surface area contributed by atoms with Gasteiger partial charge in [0.25, 0.3) is 0 Å². The molecular formula is C16H19FN2OS. The Morgan fingerprint density at radius 1 is 1.10 bits per heavy atom. The molecule has 1 amide bonds. The second kappa shape index (κ2) is 8.42. The number of hydrazine groups is 1. The smallest absolute Gasteiger partial charge is 0.238 e. The van der Waals surface area contributed by atoms with Crippen LogP contribution in [0.2, 0.25) is 0 Å². The molecule has 0 bridgehead atoms. The molecule has 112 valence electrons. The Morgan fingerprint density at radius 3 is 2.62 bits per heavy atom. The molecule has 0 atom stereocenters. The van der Waals surface area contributed by atoms with Crippen LogP contribution in [0.4, 0.5) is 10.1 Å². The fourth-order valence-electron chi connectivity index (χ4n) is 1.95. The van der Waals surface area contributed by atoms with E-state index in [1.807, 2.05) is 0 Å². The molecule has 1 aromatic carbocycles. The number of benzene rings is 1. The lowest BCUT2D eigenvalue weighted by Gasteiger charge is -2.08. The van der Waals surface area contributed by atoms with E-state index in [1.54, 1.807) is 23.5 Å². The molecule has 2 rings (SSSR count). The molecule has 0 saturated carbocycles. The maximum absolute atomic E-state index is 12.7. The topological polar surface area (TPSA) is 41.1 Å². The molecule has 0 fully saturated rings. The van der Waals surface area contributed by atoms with Gasteiger partial charge in [0.1, 0.15) is 5.82 Å². The number of unbranched alkanes of at least 4 members (excludes halogenated alkanes) is 2. The summed E-state index contributed by atoms with van der Waals surface area (Å²) in [6.45, 7) is 0. The number of hydrogen-bond donors (Lipinski definition) is 2. The van der Waals surface area contributed by atoms with E-state index in [2.05, 4.69) is 28.4 Å². The van der Waals surface area contributed by atoms with Crippen molar-refractivity contribution < 1.29 is 9.18 Å². The van der Waals surface area contributed by atoms with E-state index in [-0.39, 0.29) is 11.7 Å². The van der Waals surface area contributed by atoms with Gasteiger partial charge in [0.2, 0.25) is 5.91 Å². The molecule has 0 spiro atoms. The lowest BCUT2D eigenvalue weighted by atomic mass is 10.1. The van der Waals surface area contributed by atoms with Crippen molar-refractivity contribution in [3.63, 3.8) is 0 Å². The lowest BCUT2D eigenvalue weighted by Crippen LogP contribution is -2.28. The van der Waals surface area contributed by atoms with Crippen molar-refractivity contribution in [1.82, 2.24) is 5.43 Å². The molecule has 0 unspecified atom stereocenters. The third-order valence-corrected chi connectivity index (χ3v) is 4.03. The highest BCUT2D eigenvalue weighted by molar-refractivity contribution is 7.09. The second-order valence-electron chi connectivity index (χ2n) is 4.82. The van der Waals surface area contributed by atoms with Gasteiger partial charge in [-0.05, 0) is 55.0 Å². The first kappa shape index (κ1) is 15.5. The summed E-state index contributed by atoms with van der Waals surface area (Å²) in [7, 11) is 0. The van der Waals surface area contributed by atoms with Crippen LogP contribution < -0.4 is 10.9 Å². The van der Waals surface area contributed by atoms with Crippen LogP contribution in [0.3, 0.4) is 0 Å². The first-order chi connectivity index (χ1) is 10.2. The number of hydrogen-bond acceptors (Lipinski definition) is 3. The second-order valence-corrected chi connectivity index (χ2v) is 5.85. The normalized spacial score (nSPS) is 10.3. The van der Waals surface area contributed by atoms with Gasteiger partial charge in [-0.3, -0.25) is 15.6 Å². The van der Waals surface area contributed by atoms with Crippen molar-refractivity contribution in [2.75, 3.05) is 5.43 Å². The van der Waals surface area contributed by atoms with Crippen LogP contribution in [-0.2, 0) is 11.2 Å². The predicted molar refractivity (Wildman–Crippen MR) is 84.7 cm³/mol. The minimum Gasteiger partial charge on any atom is -0.299 e. The van der Waals surface area contributed by atoms with Crippen LogP contribution in [0.25, 0.3) is 0 Å². The maximum Gasteiger partial charge on any atom is 0.238 e. The fourth-order valence-corrected chi connectivity index (χ4v) is 2.71. The summed E-state index contributed by atoms with van der Waals surface area (Å²) in [5, 5.41) is 2.09. The Bertz CT molecular complexity index is 540. The molecule has 0 radical (unpaired) electrons. The summed E-state index contributed by atoms with van der Waals surface area (Å²) in [4.78, 5) is 13.0. The number of carbonyl (C=O) groups excluding carboxylic acids is 1. The monoisotopic (exact) mass is 306 g/mol. The minimum atomic E-state index is -0.294. The van der Waals surface area contributed by atoms with Crippen molar-refractivity contribution in [1.29, 1.82) is 0 Å². The molecule has 2 aromatic rings. The van der Waals surface area contributed by atoms with Crippen molar-refractivity contribution in [3.05, 3.63) is 52.5 Å². The van der Waals surface area contributed by atoms with Gasteiger partial charge in [-0.1, -0.05) is 12.5 Å². The average Bonchev–Trinajstić information content (AvgIpc) is 2.99. The number of nitrogens with one attached hydrogen (secondary N) is 2. The zero-order valence-electron chi connectivity index (χ0n) is 11.8. The Morgan fingerprint density at radius 2 is 1.90 bits per heavy atom. The fraction of sp³-hybridized carbons (Fsp3) is 0.312. The highest BCUT2D eigenvalue weighted by Crippen LogP contribution is 2.13. The summed E-state index contributed by atoms with van der Waals surface area (Å²) in [6.07, 6.45) is 4.62. The van der Waals surface area contributed by atoms with Crippen LogP contribution >= 0.6 is 11.3 Å². The van der Waals surface area contributed by atoms with Gasteiger partial charge in [-0.25, -0.2) is 4.39 Å². The van der Waals surface area contributed by atoms with Crippen LogP contribution in [0, 0.1) is 5.82 Å². The maximum atomic E-state index is 12.7. The van der Waals surface area contributed by atoms with E-state index in [4.69, 9.17) is 0 Å². The summed E-state index contributed by atoms with van der Waals surface area (Å²) >= 11 is 1.78. The summed E-state index contributed by atoms with van der Waals surface area (Å²) in [5.74, 6) is -0.340. The first-order valence-corrected chi connectivity index (χ1v) is 7.95. The van der Waals surface area contributed by atoms with E-state index in [9.17, 15) is 9.18 Å². The number of thiophene rings is 1. The van der Waals surface area contributed by atoms with Gasteiger partial charge in [-0.15, -0.1) is 11.3 Å². The number of carbonyl (C=O) groups is 1. The van der Waals surface area contributed by atoms with Crippen LogP contribution in [-0.4, -0.2) is 5.91 Å². The van der Waals surface area contributed by atoms with Crippen LogP contribution in [0.5, 0.6) is 0 Å². The van der Waals surface area contributed by atoms with Gasteiger partial charge in [0, 0.05) is 11.3 Å². The van der Waals surface area contributed by atoms with E-state index in [0.717, 1.165) is 25.7 Å². The van der Waals surface area contributed by atoms with E-state index < -0.39 is 0 Å². The average molecular weight is 306 g/mol. The third kappa shape index (κ3) is 5.95. The Balaban J connectivity index is 1.54. The molecule has 0 aliphatic rings. The molecule has 21 heavy (non-hydrogen) atoms. The van der Waals surface area contributed by atoms with E-state index >= 15 is 0 Å². The molecule has 3 nitrogen and oxygen atoms in total. The van der Waals surface area contributed by atoms with E-state index in [1.165, 1.54) is 17.0 Å². The minimum absolute atomic E-state index is 0.0459.